The van der Waals surface area contributed by atoms with Crippen LogP contribution in [-0.2, 0) is 11.2 Å². The standard InChI is InChI=1S/C19H19N5O2/c20-12-17-5-4-16(14-22-17)19(26)24-8-2-7-23(9-10-24)18(25)11-15-3-1-6-21-13-15/h1,3-6,13-14H,2,7-11H2. The Balaban J connectivity index is 1.59. The predicted molar refractivity (Wildman–Crippen MR) is 94.0 cm³/mol. The molecule has 26 heavy (non-hydrogen) atoms. The lowest BCUT2D eigenvalue weighted by Crippen LogP contribution is -2.38. The van der Waals surface area contributed by atoms with Crippen LogP contribution < -0.4 is 0 Å². The second kappa shape index (κ2) is 8.21. The lowest BCUT2D eigenvalue weighted by atomic mass is 10.2. The van der Waals surface area contributed by atoms with Crippen LogP contribution in [0.4, 0.5) is 0 Å². The second-order valence-electron chi connectivity index (χ2n) is 6.11. The highest BCUT2D eigenvalue weighted by molar-refractivity contribution is 5.94. The summed E-state index contributed by atoms with van der Waals surface area (Å²) in [4.78, 5) is 36.6. The van der Waals surface area contributed by atoms with Crippen molar-refractivity contribution < 1.29 is 9.59 Å². The maximum atomic E-state index is 12.6. The minimum absolute atomic E-state index is 0.0485. The number of pyridine rings is 2. The van der Waals surface area contributed by atoms with E-state index >= 15 is 0 Å². The molecule has 0 radical (unpaired) electrons. The van der Waals surface area contributed by atoms with Crippen molar-refractivity contribution in [3.05, 3.63) is 59.7 Å². The number of hydrogen-bond donors (Lipinski definition) is 0. The highest BCUT2D eigenvalue weighted by atomic mass is 16.2. The number of nitrogens with zero attached hydrogens (tertiary/aromatic N) is 5. The van der Waals surface area contributed by atoms with Gasteiger partial charge in [0.2, 0.25) is 5.91 Å². The van der Waals surface area contributed by atoms with Crippen molar-refractivity contribution in [3.63, 3.8) is 0 Å². The molecule has 2 aromatic heterocycles. The van der Waals surface area contributed by atoms with E-state index in [1.807, 2.05) is 18.2 Å². The Kier molecular flexibility index (Phi) is 5.54. The summed E-state index contributed by atoms with van der Waals surface area (Å²) in [6.45, 7) is 2.22. The summed E-state index contributed by atoms with van der Waals surface area (Å²) in [7, 11) is 0. The van der Waals surface area contributed by atoms with Crippen LogP contribution in [0.15, 0.2) is 42.9 Å². The van der Waals surface area contributed by atoms with Crippen LogP contribution in [0.1, 0.15) is 28.0 Å². The molecule has 7 nitrogen and oxygen atoms in total. The summed E-state index contributed by atoms with van der Waals surface area (Å²) in [5.74, 6) is -0.0733. The summed E-state index contributed by atoms with van der Waals surface area (Å²) in [6, 6.07) is 8.79. The van der Waals surface area contributed by atoms with Gasteiger partial charge >= 0.3 is 0 Å². The van der Waals surface area contributed by atoms with Gasteiger partial charge in [0, 0.05) is 44.8 Å². The van der Waals surface area contributed by atoms with E-state index < -0.39 is 0 Å². The number of carbonyl (C=O) groups excluding carboxylic acids is 2. The van der Waals surface area contributed by atoms with Crippen molar-refractivity contribution in [2.75, 3.05) is 26.2 Å². The second-order valence-corrected chi connectivity index (χ2v) is 6.11. The van der Waals surface area contributed by atoms with E-state index in [0.29, 0.717) is 38.2 Å². The third-order valence-corrected chi connectivity index (χ3v) is 4.34. The van der Waals surface area contributed by atoms with E-state index in [9.17, 15) is 9.59 Å². The molecule has 0 bridgehead atoms. The number of amides is 2. The van der Waals surface area contributed by atoms with Crippen LogP contribution in [-0.4, -0.2) is 57.8 Å². The molecule has 0 aliphatic carbocycles. The molecule has 132 valence electrons. The lowest BCUT2D eigenvalue weighted by Gasteiger charge is -2.22. The normalized spacial score (nSPS) is 14.4. The van der Waals surface area contributed by atoms with Gasteiger partial charge in [-0.15, -0.1) is 0 Å². The van der Waals surface area contributed by atoms with Crippen LogP contribution in [0.25, 0.3) is 0 Å². The zero-order valence-electron chi connectivity index (χ0n) is 14.3. The number of nitriles is 1. The number of aromatic nitrogens is 2. The predicted octanol–water partition coefficient (Wildman–Crippen LogP) is 1.27. The van der Waals surface area contributed by atoms with Gasteiger partial charge in [-0.25, -0.2) is 4.98 Å². The highest BCUT2D eigenvalue weighted by Crippen LogP contribution is 2.11. The van der Waals surface area contributed by atoms with Gasteiger partial charge in [-0.1, -0.05) is 6.07 Å². The number of rotatable bonds is 3. The molecular weight excluding hydrogens is 330 g/mol. The molecule has 0 unspecified atom stereocenters. The van der Waals surface area contributed by atoms with Crippen LogP contribution in [0.2, 0.25) is 0 Å². The van der Waals surface area contributed by atoms with Crippen molar-refractivity contribution in [1.82, 2.24) is 19.8 Å². The maximum Gasteiger partial charge on any atom is 0.255 e. The molecule has 0 aromatic carbocycles. The summed E-state index contributed by atoms with van der Waals surface area (Å²) in [5.41, 5.74) is 1.63. The number of hydrogen-bond acceptors (Lipinski definition) is 5. The zero-order valence-corrected chi connectivity index (χ0v) is 14.3. The fraction of sp³-hybridized carbons (Fsp3) is 0.316. The van der Waals surface area contributed by atoms with Gasteiger partial charge < -0.3 is 9.80 Å². The Morgan fingerprint density at radius 3 is 2.58 bits per heavy atom. The quantitative estimate of drug-likeness (QED) is 0.832. The molecule has 3 heterocycles. The van der Waals surface area contributed by atoms with Crippen molar-refractivity contribution >= 4 is 11.8 Å². The lowest BCUT2D eigenvalue weighted by molar-refractivity contribution is -0.130. The molecular formula is C19H19N5O2. The monoisotopic (exact) mass is 349 g/mol. The van der Waals surface area contributed by atoms with Crippen molar-refractivity contribution in [2.24, 2.45) is 0 Å². The Morgan fingerprint density at radius 2 is 1.88 bits per heavy atom. The molecule has 1 aliphatic heterocycles. The summed E-state index contributed by atoms with van der Waals surface area (Å²) < 4.78 is 0. The van der Waals surface area contributed by atoms with Gasteiger partial charge in [0.1, 0.15) is 11.8 Å². The van der Waals surface area contributed by atoms with Crippen LogP contribution >= 0.6 is 0 Å². The minimum Gasteiger partial charge on any atom is -0.341 e. The molecule has 0 spiro atoms. The Morgan fingerprint density at radius 1 is 1.08 bits per heavy atom. The Bertz CT molecular complexity index is 814. The van der Waals surface area contributed by atoms with Crippen molar-refractivity contribution in [2.45, 2.75) is 12.8 Å². The van der Waals surface area contributed by atoms with Gasteiger partial charge in [-0.05, 0) is 30.2 Å². The molecule has 2 amide bonds. The molecule has 1 saturated heterocycles. The largest absolute Gasteiger partial charge is 0.341 e. The van der Waals surface area contributed by atoms with Crippen LogP contribution in [0.3, 0.4) is 0 Å². The first-order valence-corrected chi connectivity index (χ1v) is 8.49. The molecule has 7 heteroatoms. The van der Waals surface area contributed by atoms with E-state index in [1.54, 1.807) is 28.3 Å². The SMILES string of the molecule is N#Cc1ccc(C(=O)N2CCCN(C(=O)Cc3cccnc3)CC2)cn1. The highest BCUT2D eigenvalue weighted by Gasteiger charge is 2.23. The molecule has 1 aliphatic rings. The topological polar surface area (TPSA) is 90.2 Å². The molecule has 0 saturated carbocycles. The average molecular weight is 349 g/mol. The third-order valence-electron chi connectivity index (χ3n) is 4.34. The fourth-order valence-corrected chi connectivity index (χ4v) is 2.93. The molecule has 1 fully saturated rings. The fourth-order valence-electron chi connectivity index (χ4n) is 2.93. The van der Waals surface area contributed by atoms with E-state index in [-0.39, 0.29) is 17.5 Å². The van der Waals surface area contributed by atoms with Gasteiger partial charge in [0.05, 0.1) is 12.0 Å². The molecule has 2 aromatic rings. The van der Waals surface area contributed by atoms with E-state index in [4.69, 9.17) is 5.26 Å². The first-order chi connectivity index (χ1) is 12.7. The minimum atomic E-state index is -0.122. The van der Waals surface area contributed by atoms with E-state index in [2.05, 4.69) is 9.97 Å². The van der Waals surface area contributed by atoms with Crippen molar-refractivity contribution in [3.8, 4) is 6.07 Å². The number of carbonyl (C=O) groups is 2. The van der Waals surface area contributed by atoms with Gasteiger partial charge in [0.25, 0.3) is 5.91 Å². The first-order valence-electron chi connectivity index (χ1n) is 8.49. The summed E-state index contributed by atoms with van der Waals surface area (Å²) in [6.07, 6.45) is 5.86. The van der Waals surface area contributed by atoms with Crippen LogP contribution in [0.5, 0.6) is 0 Å². The van der Waals surface area contributed by atoms with E-state index in [0.717, 1.165) is 12.0 Å². The zero-order chi connectivity index (χ0) is 18.4. The molecule has 0 atom stereocenters. The summed E-state index contributed by atoms with van der Waals surface area (Å²) >= 11 is 0. The Labute approximate surface area is 151 Å². The third kappa shape index (κ3) is 4.22. The van der Waals surface area contributed by atoms with E-state index in [1.165, 1.54) is 12.3 Å². The van der Waals surface area contributed by atoms with Crippen LogP contribution in [0, 0.1) is 11.3 Å². The Hall–Kier alpha value is -3.27. The molecule has 0 N–H and O–H groups in total. The summed E-state index contributed by atoms with van der Waals surface area (Å²) in [5, 5.41) is 8.79. The molecule has 3 rings (SSSR count). The van der Waals surface area contributed by atoms with Gasteiger partial charge in [-0.3, -0.25) is 14.6 Å². The van der Waals surface area contributed by atoms with Gasteiger partial charge in [0.15, 0.2) is 0 Å². The smallest absolute Gasteiger partial charge is 0.255 e. The maximum absolute atomic E-state index is 12.6. The average Bonchev–Trinajstić information content (AvgIpc) is 2.94. The van der Waals surface area contributed by atoms with Gasteiger partial charge in [-0.2, -0.15) is 5.26 Å². The van der Waals surface area contributed by atoms with Crippen molar-refractivity contribution in [1.29, 1.82) is 5.26 Å². The first kappa shape index (κ1) is 17.5.